The number of aromatic nitrogens is 2. The summed E-state index contributed by atoms with van der Waals surface area (Å²) < 4.78 is 24.7. The number of nitrogens with zero attached hydrogens (tertiary/aromatic N) is 1. The van der Waals surface area contributed by atoms with Crippen molar-refractivity contribution in [2.24, 2.45) is 0 Å². The maximum absolute atomic E-state index is 13.7. The Kier molecular flexibility index (Phi) is 2.91. The number of rotatable bonds is 1. The van der Waals surface area contributed by atoms with Crippen LogP contribution in [0, 0.1) is 5.82 Å². The summed E-state index contributed by atoms with van der Waals surface area (Å²) in [4.78, 5) is 16.9. The lowest BCUT2D eigenvalue weighted by Gasteiger charge is -2.09. The van der Waals surface area contributed by atoms with Crippen LogP contribution in [-0.2, 0) is 0 Å². The van der Waals surface area contributed by atoms with Crippen LogP contribution in [0.25, 0.3) is 11.3 Å². The summed E-state index contributed by atoms with van der Waals surface area (Å²) in [5.74, 6) is 0.583. The summed E-state index contributed by atoms with van der Waals surface area (Å²) in [6, 6.07) is 5.02. The van der Waals surface area contributed by atoms with Crippen LogP contribution in [0.15, 0.2) is 29.2 Å². The quantitative estimate of drug-likeness (QED) is 0.850. The maximum Gasteiger partial charge on any atom is 0.345 e. The first-order valence-corrected chi connectivity index (χ1v) is 5.89. The van der Waals surface area contributed by atoms with Gasteiger partial charge in [0.1, 0.15) is 0 Å². The van der Waals surface area contributed by atoms with Gasteiger partial charge in [0.25, 0.3) is 0 Å². The van der Waals surface area contributed by atoms with Crippen LogP contribution in [0.5, 0.6) is 11.5 Å². The zero-order chi connectivity index (χ0) is 13.2. The van der Waals surface area contributed by atoms with E-state index in [9.17, 15) is 9.18 Å². The van der Waals surface area contributed by atoms with Crippen LogP contribution in [-0.4, -0.2) is 23.2 Å². The third-order valence-electron chi connectivity index (χ3n) is 2.80. The van der Waals surface area contributed by atoms with Crippen LogP contribution in [0.3, 0.4) is 0 Å². The zero-order valence-corrected chi connectivity index (χ0v) is 9.98. The van der Waals surface area contributed by atoms with Crippen molar-refractivity contribution in [3.63, 3.8) is 0 Å². The van der Waals surface area contributed by atoms with E-state index in [4.69, 9.17) is 9.47 Å². The molecule has 1 aliphatic rings. The largest absolute Gasteiger partial charge is 0.490 e. The molecule has 0 unspecified atom stereocenters. The Labute approximate surface area is 108 Å². The Morgan fingerprint density at radius 1 is 1.21 bits per heavy atom. The molecule has 6 heteroatoms. The normalized spacial score (nSPS) is 13.9. The van der Waals surface area contributed by atoms with Crippen molar-refractivity contribution in [1.82, 2.24) is 9.97 Å². The standard InChI is InChI=1S/C13H11FN2O3/c14-9-7-15-13(17)16-12(9)8-2-3-10-11(6-8)19-5-1-4-18-10/h2-3,6-7H,1,4-5H2,(H,15,16,17). The second-order valence-electron chi connectivity index (χ2n) is 4.12. The molecule has 0 spiro atoms. The van der Waals surface area contributed by atoms with Crippen LogP contribution in [0.4, 0.5) is 4.39 Å². The Bertz CT molecular complexity index is 669. The van der Waals surface area contributed by atoms with Gasteiger partial charge in [0.2, 0.25) is 0 Å². The number of benzene rings is 1. The minimum absolute atomic E-state index is 0.0932. The van der Waals surface area contributed by atoms with Crippen molar-refractivity contribution >= 4 is 0 Å². The van der Waals surface area contributed by atoms with Crippen molar-refractivity contribution in [2.45, 2.75) is 6.42 Å². The second-order valence-corrected chi connectivity index (χ2v) is 4.12. The number of fused-ring (bicyclic) bond motifs is 1. The molecular weight excluding hydrogens is 251 g/mol. The maximum atomic E-state index is 13.7. The number of aromatic amines is 1. The minimum Gasteiger partial charge on any atom is -0.490 e. The number of nitrogens with one attached hydrogen (secondary N) is 1. The van der Waals surface area contributed by atoms with E-state index < -0.39 is 11.5 Å². The molecule has 2 aromatic rings. The van der Waals surface area contributed by atoms with Gasteiger partial charge in [-0.15, -0.1) is 0 Å². The Morgan fingerprint density at radius 3 is 2.84 bits per heavy atom. The number of hydrogen-bond acceptors (Lipinski definition) is 4. The van der Waals surface area contributed by atoms with E-state index >= 15 is 0 Å². The monoisotopic (exact) mass is 262 g/mol. The highest BCUT2D eigenvalue weighted by Crippen LogP contribution is 2.33. The number of hydrogen-bond donors (Lipinski definition) is 1. The van der Waals surface area contributed by atoms with Gasteiger partial charge in [-0.1, -0.05) is 0 Å². The molecule has 0 fully saturated rings. The van der Waals surface area contributed by atoms with Crippen molar-refractivity contribution in [3.05, 3.63) is 40.7 Å². The molecule has 0 atom stereocenters. The first-order chi connectivity index (χ1) is 9.24. The van der Waals surface area contributed by atoms with Crippen LogP contribution < -0.4 is 15.2 Å². The Balaban J connectivity index is 2.08. The smallest absolute Gasteiger partial charge is 0.345 e. The highest BCUT2D eigenvalue weighted by Gasteiger charge is 2.14. The average Bonchev–Trinajstić information content (AvgIpc) is 2.66. The lowest BCUT2D eigenvalue weighted by atomic mass is 10.1. The molecule has 0 bridgehead atoms. The molecule has 5 nitrogen and oxygen atoms in total. The third kappa shape index (κ3) is 2.29. The molecule has 0 saturated heterocycles. The van der Waals surface area contributed by atoms with Gasteiger partial charge in [-0.2, -0.15) is 4.98 Å². The van der Waals surface area contributed by atoms with Gasteiger partial charge in [0.15, 0.2) is 17.3 Å². The van der Waals surface area contributed by atoms with E-state index in [-0.39, 0.29) is 5.69 Å². The molecule has 1 aromatic heterocycles. The molecule has 19 heavy (non-hydrogen) atoms. The molecule has 1 N–H and O–H groups in total. The molecule has 0 saturated carbocycles. The highest BCUT2D eigenvalue weighted by atomic mass is 19.1. The van der Waals surface area contributed by atoms with Crippen molar-refractivity contribution in [1.29, 1.82) is 0 Å². The summed E-state index contributed by atoms with van der Waals surface area (Å²) >= 11 is 0. The van der Waals surface area contributed by atoms with E-state index in [1.807, 2.05) is 0 Å². The van der Waals surface area contributed by atoms with Gasteiger partial charge < -0.3 is 14.5 Å². The van der Waals surface area contributed by atoms with Gasteiger partial charge in [0.05, 0.1) is 25.1 Å². The SMILES string of the molecule is O=c1ncc(F)c(-c2ccc3c(c2)OCCCO3)[nH]1. The molecular formula is C13H11FN2O3. The van der Waals surface area contributed by atoms with Crippen molar-refractivity contribution in [2.75, 3.05) is 13.2 Å². The van der Waals surface area contributed by atoms with E-state index in [0.717, 1.165) is 12.6 Å². The molecule has 0 aliphatic carbocycles. The fourth-order valence-electron chi connectivity index (χ4n) is 1.91. The molecule has 1 aromatic carbocycles. The van der Waals surface area contributed by atoms with E-state index in [2.05, 4.69) is 9.97 Å². The molecule has 1 aliphatic heterocycles. The van der Waals surface area contributed by atoms with Crippen molar-refractivity contribution in [3.8, 4) is 22.8 Å². The molecule has 98 valence electrons. The Hall–Kier alpha value is -2.37. The summed E-state index contributed by atoms with van der Waals surface area (Å²) in [5.41, 5.74) is 0.0143. The van der Waals surface area contributed by atoms with Gasteiger partial charge in [-0.05, 0) is 18.2 Å². The molecule has 2 heterocycles. The third-order valence-corrected chi connectivity index (χ3v) is 2.80. The predicted octanol–water partition coefficient (Wildman–Crippen LogP) is 1.74. The van der Waals surface area contributed by atoms with Crippen LogP contribution >= 0.6 is 0 Å². The van der Waals surface area contributed by atoms with Gasteiger partial charge >= 0.3 is 5.69 Å². The fourth-order valence-corrected chi connectivity index (χ4v) is 1.91. The van der Waals surface area contributed by atoms with Crippen LogP contribution in [0.2, 0.25) is 0 Å². The minimum atomic E-state index is -0.594. The lowest BCUT2D eigenvalue weighted by Crippen LogP contribution is -2.11. The Morgan fingerprint density at radius 2 is 2.00 bits per heavy atom. The van der Waals surface area contributed by atoms with Crippen molar-refractivity contribution < 1.29 is 13.9 Å². The fraction of sp³-hybridized carbons (Fsp3) is 0.231. The average molecular weight is 262 g/mol. The number of halogens is 1. The summed E-state index contributed by atoms with van der Waals surface area (Å²) in [6.07, 6.45) is 1.70. The van der Waals surface area contributed by atoms with E-state index in [1.54, 1.807) is 18.2 Å². The van der Waals surface area contributed by atoms with E-state index in [0.29, 0.717) is 30.3 Å². The van der Waals surface area contributed by atoms with Gasteiger partial charge in [0, 0.05) is 12.0 Å². The summed E-state index contributed by atoms with van der Waals surface area (Å²) in [7, 11) is 0. The summed E-state index contributed by atoms with van der Waals surface area (Å²) in [6.45, 7) is 1.14. The first-order valence-electron chi connectivity index (χ1n) is 5.89. The zero-order valence-electron chi connectivity index (χ0n) is 9.98. The van der Waals surface area contributed by atoms with Gasteiger partial charge in [-0.25, -0.2) is 9.18 Å². The second kappa shape index (κ2) is 4.72. The molecule has 0 radical (unpaired) electrons. The predicted molar refractivity (Wildman–Crippen MR) is 65.9 cm³/mol. The first kappa shape index (κ1) is 11.7. The summed E-state index contributed by atoms with van der Waals surface area (Å²) in [5, 5.41) is 0. The van der Waals surface area contributed by atoms with Gasteiger partial charge in [-0.3, -0.25) is 0 Å². The number of H-pyrrole nitrogens is 1. The van der Waals surface area contributed by atoms with Crippen LogP contribution in [0.1, 0.15) is 6.42 Å². The van der Waals surface area contributed by atoms with E-state index in [1.165, 1.54) is 0 Å². The topological polar surface area (TPSA) is 64.2 Å². The highest BCUT2D eigenvalue weighted by molar-refractivity contribution is 5.64. The molecule has 3 rings (SSSR count). The molecule has 0 amide bonds. The lowest BCUT2D eigenvalue weighted by molar-refractivity contribution is 0.297. The number of ether oxygens (including phenoxy) is 2.